The highest BCUT2D eigenvalue weighted by Crippen LogP contribution is 2.28. The molecule has 2 aromatic carbocycles. The molecule has 1 aliphatic heterocycles. The minimum atomic E-state index is 0.831. The van der Waals surface area contributed by atoms with Crippen molar-refractivity contribution in [1.29, 1.82) is 0 Å². The molecule has 0 N–H and O–H groups in total. The molecular formula is C21H21N5S. The van der Waals surface area contributed by atoms with Gasteiger partial charge in [-0.15, -0.1) is 10.2 Å². The topological polar surface area (TPSA) is 46.3 Å². The van der Waals surface area contributed by atoms with Crippen LogP contribution in [0, 0.1) is 0 Å². The fourth-order valence-corrected chi connectivity index (χ4v) is 4.49. The summed E-state index contributed by atoms with van der Waals surface area (Å²) in [6.07, 6.45) is 3.89. The second kappa shape index (κ2) is 7.21. The minimum absolute atomic E-state index is 0.831. The van der Waals surface area contributed by atoms with Crippen LogP contribution >= 0.6 is 11.3 Å². The normalized spacial score (nSPS) is 15.4. The first kappa shape index (κ1) is 16.6. The van der Waals surface area contributed by atoms with Crippen LogP contribution in [-0.2, 0) is 6.54 Å². The molecule has 1 fully saturated rings. The zero-order chi connectivity index (χ0) is 18.1. The zero-order valence-corrected chi connectivity index (χ0v) is 15.9. The van der Waals surface area contributed by atoms with E-state index in [0.29, 0.717) is 0 Å². The molecule has 1 aliphatic rings. The maximum atomic E-state index is 4.79. The number of rotatable bonds is 4. The number of hydrogen-bond donors (Lipinski definition) is 0. The Balaban J connectivity index is 1.40. The molecule has 6 heteroatoms. The number of piperidine rings is 1. The second-order valence-corrected chi connectivity index (χ2v) is 7.95. The van der Waals surface area contributed by atoms with E-state index in [-0.39, 0.29) is 0 Å². The van der Waals surface area contributed by atoms with E-state index in [1.54, 1.807) is 11.3 Å². The van der Waals surface area contributed by atoms with Gasteiger partial charge in [-0.3, -0.25) is 4.90 Å². The fourth-order valence-electron chi connectivity index (χ4n) is 3.63. The molecular weight excluding hydrogens is 354 g/mol. The lowest BCUT2D eigenvalue weighted by molar-refractivity contribution is 0.214. The number of benzene rings is 2. The molecule has 1 saturated heterocycles. The van der Waals surface area contributed by atoms with Gasteiger partial charge in [0.2, 0.25) is 4.96 Å². The summed E-state index contributed by atoms with van der Waals surface area (Å²) in [5.74, 6) is 0.940. The van der Waals surface area contributed by atoms with Crippen LogP contribution in [0.2, 0.25) is 0 Å². The fraction of sp³-hybridized carbons (Fsp3) is 0.286. The van der Waals surface area contributed by atoms with Gasteiger partial charge >= 0.3 is 0 Å². The number of hydrogen-bond acceptors (Lipinski definition) is 5. The molecule has 3 heterocycles. The third kappa shape index (κ3) is 3.38. The summed E-state index contributed by atoms with van der Waals surface area (Å²) in [4.78, 5) is 3.32. The Labute approximate surface area is 162 Å². The first-order chi connectivity index (χ1) is 13.4. The standard InChI is InChI=1S/C21H21N5S/c1-3-7-16(8-4-1)17-9-11-18(12-10-17)20-24-26-19(22-23-21(26)27-20)15-25-13-5-2-6-14-25/h1,3-4,7-12H,2,5-6,13-15H2. The molecule has 5 rings (SSSR count). The van der Waals surface area contributed by atoms with E-state index >= 15 is 0 Å². The van der Waals surface area contributed by atoms with E-state index in [1.807, 2.05) is 10.6 Å². The van der Waals surface area contributed by atoms with Crippen molar-refractivity contribution in [3.05, 3.63) is 60.4 Å². The molecule has 0 amide bonds. The third-order valence-corrected chi connectivity index (χ3v) is 6.06. The average molecular weight is 376 g/mol. The lowest BCUT2D eigenvalue weighted by Crippen LogP contribution is -2.30. The predicted molar refractivity (Wildman–Crippen MR) is 109 cm³/mol. The van der Waals surface area contributed by atoms with Gasteiger partial charge in [0.1, 0.15) is 5.01 Å². The van der Waals surface area contributed by atoms with Crippen LogP contribution in [0.4, 0.5) is 0 Å². The van der Waals surface area contributed by atoms with Gasteiger partial charge in [-0.25, -0.2) is 0 Å². The van der Waals surface area contributed by atoms with E-state index in [9.17, 15) is 0 Å². The Morgan fingerprint density at radius 3 is 2.26 bits per heavy atom. The van der Waals surface area contributed by atoms with Crippen molar-refractivity contribution in [3.63, 3.8) is 0 Å². The Kier molecular flexibility index (Phi) is 4.43. The smallest absolute Gasteiger partial charge is 0.235 e. The second-order valence-electron chi connectivity index (χ2n) is 7.00. The van der Waals surface area contributed by atoms with E-state index in [1.165, 1.54) is 30.4 Å². The first-order valence-electron chi connectivity index (χ1n) is 9.46. The van der Waals surface area contributed by atoms with Crippen LogP contribution < -0.4 is 0 Å². The summed E-state index contributed by atoms with van der Waals surface area (Å²) in [7, 11) is 0. The third-order valence-electron chi connectivity index (χ3n) is 5.11. The summed E-state index contributed by atoms with van der Waals surface area (Å²) < 4.78 is 1.92. The number of likely N-dealkylation sites (tertiary alicyclic amines) is 1. The van der Waals surface area contributed by atoms with Gasteiger partial charge in [0.25, 0.3) is 0 Å². The summed E-state index contributed by atoms with van der Waals surface area (Å²) in [6.45, 7) is 3.12. The number of nitrogens with zero attached hydrogens (tertiary/aromatic N) is 5. The maximum Gasteiger partial charge on any atom is 0.235 e. The molecule has 0 aliphatic carbocycles. The van der Waals surface area contributed by atoms with Crippen LogP contribution in [0.3, 0.4) is 0 Å². The van der Waals surface area contributed by atoms with Gasteiger partial charge in [-0.2, -0.15) is 9.61 Å². The quantitative estimate of drug-likeness (QED) is 0.527. The van der Waals surface area contributed by atoms with Crippen LogP contribution in [0.5, 0.6) is 0 Å². The average Bonchev–Trinajstić information content (AvgIpc) is 3.32. The lowest BCUT2D eigenvalue weighted by atomic mass is 10.0. The Morgan fingerprint density at radius 2 is 1.48 bits per heavy atom. The van der Waals surface area contributed by atoms with Gasteiger partial charge in [0.15, 0.2) is 5.82 Å². The van der Waals surface area contributed by atoms with E-state index in [4.69, 9.17) is 5.10 Å². The molecule has 27 heavy (non-hydrogen) atoms. The molecule has 0 unspecified atom stereocenters. The van der Waals surface area contributed by atoms with Crippen LogP contribution in [0.15, 0.2) is 54.6 Å². The van der Waals surface area contributed by atoms with Crippen molar-refractivity contribution < 1.29 is 0 Å². The minimum Gasteiger partial charge on any atom is -0.296 e. The van der Waals surface area contributed by atoms with Crippen molar-refractivity contribution >= 4 is 16.3 Å². The molecule has 2 aromatic heterocycles. The maximum absolute atomic E-state index is 4.79. The van der Waals surface area contributed by atoms with Crippen LogP contribution in [0.25, 0.3) is 26.7 Å². The Hall–Kier alpha value is -2.57. The predicted octanol–water partition coefficient (Wildman–Crippen LogP) is 4.51. The molecule has 4 aromatic rings. The highest BCUT2D eigenvalue weighted by molar-refractivity contribution is 7.19. The number of aromatic nitrogens is 4. The molecule has 5 nitrogen and oxygen atoms in total. The van der Waals surface area contributed by atoms with Crippen molar-refractivity contribution in [3.8, 4) is 21.7 Å². The summed E-state index contributed by atoms with van der Waals surface area (Å²) in [6, 6.07) is 19.0. The van der Waals surface area contributed by atoms with Gasteiger partial charge in [0, 0.05) is 5.56 Å². The highest BCUT2D eigenvalue weighted by atomic mass is 32.1. The SMILES string of the molecule is c1ccc(-c2ccc(-c3nn4c(CN5CCCCC5)nnc4s3)cc2)cc1. The van der Waals surface area contributed by atoms with E-state index in [2.05, 4.69) is 63.6 Å². The summed E-state index contributed by atoms with van der Waals surface area (Å²) in [5.41, 5.74) is 3.56. The lowest BCUT2D eigenvalue weighted by Gasteiger charge is -2.25. The van der Waals surface area contributed by atoms with Gasteiger partial charge in [0.05, 0.1) is 6.54 Å². The molecule has 0 radical (unpaired) electrons. The van der Waals surface area contributed by atoms with Gasteiger partial charge in [-0.05, 0) is 37.1 Å². The molecule has 0 atom stereocenters. The van der Waals surface area contributed by atoms with E-state index in [0.717, 1.165) is 41.0 Å². The van der Waals surface area contributed by atoms with Gasteiger partial charge in [-0.1, -0.05) is 72.4 Å². The largest absolute Gasteiger partial charge is 0.296 e. The van der Waals surface area contributed by atoms with Crippen LogP contribution in [-0.4, -0.2) is 37.8 Å². The molecule has 0 spiro atoms. The number of fused-ring (bicyclic) bond motifs is 1. The molecule has 136 valence electrons. The monoisotopic (exact) mass is 375 g/mol. The van der Waals surface area contributed by atoms with Gasteiger partial charge < -0.3 is 0 Å². The Morgan fingerprint density at radius 1 is 0.778 bits per heavy atom. The van der Waals surface area contributed by atoms with Crippen molar-refractivity contribution in [2.75, 3.05) is 13.1 Å². The van der Waals surface area contributed by atoms with Crippen LogP contribution in [0.1, 0.15) is 25.1 Å². The van der Waals surface area contributed by atoms with E-state index < -0.39 is 0 Å². The summed E-state index contributed by atoms with van der Waals surface area (Å²) >= 11 is 1.59. The Bertz CT molecular complexity index is 1030. The highest BCUT2D eigenvalue weighted by Gasteiger charge is 2.17. The zero-order valence-electron chi connectivity index (χ0n) is 15.1. The molecule has 0 bridgehead atoms. The summed E-state index contributed by atoms with van der Waals surface area (Å²) in [5, 5.41) is 14.5. The first-order valence-corrected chi connectivity index (χ1v) is 10.3. The van der Waals surface area contributed by atoms with Crippen molar-refractivity contribution in [1.82, 2.24) is 24.7 Å². The van der Waals surface area contributed by atoms with Crippen molar-refractivity contribution in [2.24, 2.45) is 0 Å². The van der Waals surface area contributed by atoms with Crippen molar-refractivity contribution in [2.45, 2.75) is 25.8 Å². The molecule has 0 saturated carbocycles.